The molecule has 5 nitrogen and oxygen atoms in total. The summed E-state index contributed by atoms with van der Waals surface area (Å²) in [7, 11) is 0. The van der Waals surface area contributed by atoms with E-state index in [2.05, 4.69) is 10.2 Å². The van der Waals surface area contributed by atoms with Crippen LogP contribution in [0.4, 0.5) is 5.69 Å². The standard InChI is InChI=1S/C11H15N3O2.BrH/c15-14(16)11-3-1-10(2-4-11)9-13-7-5-12-6-8-13;/h1-4,12H,5-9H2;1H. The van der Waals surface area contributed by atoms with Crippen LogP contribution in [0, 0.1) is 10.1 Å². The molecule has 2 rings (SSSR count). The van der Waals surface area contributed by atoms with E-state index >= 15 is 0 Å². The summed E-state index contributed by atoms with van der Waals surface area (Å²) in [6.45, 7) is 4.99. The zero-order valence-corrected chi connectivity index (χ0v) is 11.2. The second kappa shape index (κ2) is 6.68. The number of rotatable bonds is 3. The van der Waals surface area contributed by atoms with Gasteiger partial charge in [0.2, 0.25) is 0 Å². The molecule has 1 heterocycles. The molecule has 1 aromatic carbocycles. The normalized spacial score (nSPS) is 16.2. The molecule has 0 atom stereocenters. The highest BCUT2D eigenvalue weighted by molar-refractivity contribution is 8.93. The third kappa shape index (κ3) is 4.07. The van der Waals surface area contributed by atoms with Crippen molar-refractivity contribution >= 4 is 22.7 Å². The maximum absolute atomic E-state index is 10.5. The predicted molar refractivity (Wildman–Crippen MR) is 71.6 cm³/mol. The Balaban J connectivity index is 0.00000144. The minimum absolute atomic E-state index is 0. The first-order chi connectivity index (χ1) is 7.75. The van der Waals surface area contributed by atoms with Crippen LogP contribution < -0.4 is 5.32 Å². The molecule has 1 N–H and O–H groups in total. The van der Waals surface area contributed by atoms with Gasteiger partial charge in [0.25, 0.3) is 5.69 Å². The minimum Gasteiger partial charge on any atom is -0.314 e. The first-order valence-electron chi connectivity index (χ1n) is 5.42. The number of hydrogen-bond acceptors (Lipinski definition) is 4. The molecule has 0 unspecified atom stereocenters. The van der Waals surface area contributed by atoms with E-state index in [-0.39, 0.29) is 27.6 Å². The summed E-state index contributed by atoms with van der Waals surface area (Å²) in [6, 6.07) is 6.80. The van der Waals surface area contributed by atoms with E-state index in [1.165, 1.54) is 0 Å². The molecule has 17 heavy (non-hydrogen) atoms. The van der Waals surface area contributed by atoms with Crippen LogP contribution in [0.5, 0.6) is 0 Å². The molecule has 0 spiro atoms. The Morgan fingerprint density at radius 3 is 2.35 bits per heavy atom. The number of hydrogen-bond donors (Lipinski definition) is 1. The lowest BCUT2D eigenvalue weighted by Crippen LogP contribution is -2.42. The van der Waals surface area contributed by atoms with E-state index in [4.69, 9.17) is 0 Å². The maximum Gasteiger partial charge on any atom is 0.269 e. The van der Waals surface area contributed by atoms with Gasteiger partial charge < -0.3 is 5.32 Å². The zero-order valence-electron chi connectivity index (χ0n) is 9.46. The van der Waals surface area contributed by atoms with Gasteiger partial charge in [0.15, 0.2) is 0 Å². The molecule has 1 aliphatic heterocycles. The van der Waals surface area contributed by atoms with Gasteiger partial charge in [-0.2, -0.15) is 0 Å². The number of nitrogens with one attached hydrogen (secondary N) is 1. The fraction of sp³-hybridized carbons (Fsp3) is 0.455. The summed E-state index contributed by atoms with van der Waals surface area (Å²) in [5.74, 6) is 0. The highest BCUT2D eigenvalue weighted by Gasteiger charge is 2.10. The summed E-state index contributed by atoms with van der Waals surface area (Å²) in [5, 5.41) is 13.8. The fourth-order valence-corrected chi connectivity index (χ4v) is 1.85. The van der Waals surface area contributed by atoms with Crippen molar-refractivity contribution in [2.45, 2.75) is 6.54 Å². The molecule has 0 saturated carbocycles. The van der Waals surface area contributed by atoms with Crippen molar-refractivity contribution in [2.24, 2.45) is 0 Å². The Morgan fingerprint density at radius 1 is 1.24 bits per heavy atom. The van der Waals surface area contributed by atoms with E-state index in [9.17, 15) is 10.1 Å². The maximum atomic E-state index is 10.5. The van der Waals surface area contributed by atoms with Crippen LogP contribution in [0.2, 0.25) is 0 Å². The smallest absolute Gasteiger partial charge is 0.269 e. The molecule has 1 aromatic rings. The lowest BCUT2D eigenvalue weighted by Gasteiger charge is -2.27. The van der Waals surface area contributed by atoms with Crippen LogP contribution in [-0.4, -0.2) is 36.0 Å². The highest BCUT2D eigenvalue weighted by atomic mass is 79.9. The summed E-state index contributed by atoms with van der Waals surface area (Å²) < 4.78 is 0. The topological polar surface area (TPSA) is 58.4 Å². The van der Waals surface area contributed by atoms with Gasteiger partial charge in [0, 0.05) is 44.9 Å². The summed E-state index contributed by atoms with van der Waals surface area (Å²) in [4.78, 5) is 12.5. The monoisotopic (exact) mass is 301 g/mol. The van der Waals surface area contributed by atoms with Crippen molar-refractivity contribution < 1.29 is 4.92 Å². The first-order valence-corrected chi connectivity index (χ1v) is 5.42. The van der Waals surface area contributed by atoms with Gasteiger partial charge in [-0.25, -0.2) is 0 Å². The van der Waals surface area contributed by atoms with Gasteiger partial charge in [0.05, 0.1) is 4.92 Å². The molecule has 94 valence electrons. The van der Waals surface area contributed by atoms with Gasteiger partial charge in [-0.3, -0.25) is 15.0 Å². The molecule has 0 bridgehead atoms. The predicted octanol–water partition coefficient (Wildman–Crippen LogP) is 1.58. The first kappa shape index (κ1) is 14.1. The summed E-state index contributed by atoms with van der Waals surface area (Å²) in [6.07, 6.45) is 0. The number of nitro benzene ring substituents is 1. The van der Waals surface area contributed by atoms with Crippen LogP contribution >= 0.6 is 17.0 Å². The fourth-order valence-electron chi connectivity index (χ4n) is 1.85. The van der Waals surface area contributed by atoms with E-state index < -0.39 is 0 Å². The van der Waals surface area contributed by atoms with Crippen LogP contribution in [0.3, 0.4) is 0 Å². The molecule has 0 aliphatic carbocycles. The molecular weight excluding hydrogens is 286 g/mol. The van der Waals surface area contributed by atoms with Crippen molar-refractivity contribution in [1.82, 2.24) is 10.2 Å². The SMILES string of the molecule is Br.O=[N+]([O-])c1ccc(CN2CCNCC2)cc1. The Hall–Kier alpha value is -0.980. The quantitative estimate of drug-likeness (QED) is 0.680. The van der Waals surface area contributed by atoms with Crippen molar-refractivity contribution in [1.29, 1.82) is 0 Å². The number of benzene rings is 1. The van der Waals surface area contributed by atoms with Gasteiger partial charge in [0.1, 0.15) is 0 Å². The Morgan fingerprint density at radius 2 is 1.82 bits per heavy atom. The lowest BCUT2D eigenvalue weighted by molar-refractivity contribution is -0.384. The molecular formula is C11H16BrN3O2. The third-order valence-electron chi connectivity index (χ3n) is 2.76. The van der Waals surface area contributed by atoms with Gasteiger partial charge in [-0.05, 0) is 5.56 Å². The van der Waals surface area contributed by atoms with Crippen molar-refractivity contribution in [3.8, 4) is 0 Å². The average Bonchev–Trinajstić information content (AvgIpc) is 2.31. The van der Waals surface area contributed by atoms with Crippen LogP contribution in [0.25, 0.3) is 0 Å². The van der Waals surface area contributed by atoms with Crippen molar-refractivity contribution in [2.75, 3.05) is 26.2 Å². The van der Waals surface area contributed by atoms with Crippen LogP contribution in [0.15, 0.2) is 24.3 Å². The number of nitro groups is 1. The Labute approximate surface area is 111 Å². The number of non-ortho nitro benzene ring substituents is 1. The molecule has 0 amide bonds. The molecule has 0 radical (unpaired) electrons. The second-order valence-electron chi connectivity index (χ2n) is 3.95. The van der Waals surface area contributed by atoms with Crippen molar-refractivity contribution in [3.05, 3.63) is 39.9 Å². The molecule has 6 heteroatoms. The average molecular weight is 302 g/mol. The number of halogens is 1. The van der Waals surface area contributed by atoms with E-state index in [0.29, 0.717) is 0 Å². The second-order valence-corrected chi connectivity index (χ2v) is 3.95. The van der Waals surface area contributed by atoms with Gasteiger partial charge in [-0.15, -0.1) is 17.0 Å². The minimum atomic E-state index is -0.366. The van der Waals surface area contributed by atoms with Gasteiger partial charge >= 0.3 is 0 Å². The molecule has 0 aromatic heterocycles. The summed E-state index contributed by atoms with van der Waals surface area (Å²) in [5.41, 5.74) is 1.29. The van der Waals surface area contributed by atoms with Crippen LogP contribution in [0.1, 0.15) is 5.56 Å². The molecule has 1 aliphatic rings. The largest absolute Gasteiger partial charge is 0.314 e. The van der Waals surface area contributed by atoms with E-state index in [1.807, 2.05) is 12.1 Å². The molecule has 1 fully saturated rings. The molecule has 1 saturated heterocycles. The Kier molecular flexibility index (Phi) is 5.54. The van der Waals surface area contributed by atoms with E-state index in [0.717, 1.165) is 38.3 Å². The summed E-state index contributed by atoms with van der Waals surface area (Å²) >= 11 is 0. The number of nitrogens with zero attached hydrogens (tertiary/aromatic N) is 2. The Bertz CT molecular complexity index is 363. The highest BCUT2D eigenvalue weighted by Crippen LogP contribution is 2.13. The van der Waals surface area contributed by atoms with Crippen LogP contribution in [-0.2, 0) is 6.54 Å². The van der Waals surface area contributed by atoms with E-state index in [1.54, 1.807) is 12.1 Å². The zero-order chi connectivity index (χ0) is 11.4. The van der Waals surface area contributed by atoms with Gasteiger partial charge in [-0.1, -0.05) is 12.1 Å². The van der Waals surface area contributed by atoms with Crippen molar-refractivity contribution in [3.63, 3.8) is 0 Å². The lowest BCUT2D eigenvalue weighted by atomic mass is 10.2. The third-order valence-corrected chi connectivity index (χ3v) is 2.76. The number of piperazine rings is 1.